The summed E-state index contributed by atoms with van der Waals surface area (Å²) in [5.74, 6) is 0.199. The third-order valence-corrected chi connectivity index (χ3v) is 19.4. The molecule has 0 aromatic heterocycles. The van der Waals surface area contributed by atoms with Crippen molar-refractivity contribution in [3.8, 4) is 0 Å². The fourth-order valence-corrected chi connectivity index (χ4v) is 12.2. The first-order chi connectivity index (χ1) is 43.3. The number of ether oxygens (including phenoxy) is 4. The van der Waals surface area contributed by atoms with E-state index in [0.29, 0.717) is 25.7 Å². The van der Waals surface area contributed by atoms with Gasteiger partial charge in [0, 0.05) is 25.7 Å². The Labute approximate surface area is 549 Å². The van der Waals surface area contributed by atoms with Crippen molar-refractivity contribution in [1.29, 1.82) is 0 Å². The molecule has 534 valence electrons. The normalized spacial score (nSPS) is 15.1. The van der Waals surface area contributed by atoms with E-state index in [4.69, 9.17) is 37.0 Å². The molecular formula is C71H138O17P2. The van der Waals surface area contributed by atoms with Crippen LogP contribution in [0.25, 0.3) is 0 Å². The summed E-state index contributed by atoms with van der Waals surface area (Å²) in [6.07, 6.45) is 45.6. The Morgan fingerprint density at radius 3 is 0.789 bits per heavy atom. The highest BCUT2D eigenvalue weighted by Gasteiger charge is 2.30. The Morgan fingerprint density at radius 1 is 0.311 bits per heavy atom. The number of carbonyl (C=O) groups is 4. The highest BCUT2D eigenvalue weighted by molar-refractivity contribution is 7.47. The smallest absolute Gasteiger partial charge is 0.462 e. The summed E-state index contributed by atoms with van der Waals surface area (Å²) >= 11 is 0. The fourth-order valence-electron chi connectivity index (χ4n) is 10.6. The first-order valence-corrected chi connectivity index (χ1v) is 40.0. The van der Waals surface area contributed by atoms with Gasteiger partial charge in [-0.25, -0.2) is 9.13 Å². The largest absolute Gasteiger partial charge is 0.472 e. The molecule has 0 aliphatic heterocycles. The van der Waals surface area contributed by atoms with Crippen LogP contribution in [0.3, 0.4) is 0 Å². The number of unbranched alkanes of at least 4 members (excludes halogenated alkanes) is 34. The standard InChI is InChI=1S/C71H138O17P2/c1-8-12-13-14-15-16-17-18-19-20-21-33-40-47-54-70(75)87-66(58-81-68(73)52-45-38-31-25-22-28-35-42-49-62(5)9-2)60-85-89(77,78)83-56-65(72)57-84-90(79,80)86-61-67(88-71(76)55-48-41-34-27-24-30-37-44-51-64(7)11-4)59-82-69(74)53-46-39-32-26-23-29-36-43-50-63(6)10-3/h62-67,72H,8-61H2,1-7H3,(H,77,78)(H,79,80)/t62?,63?,64?,65-,66-,67-/m1/s1. The molecule has 3 N–H and O–H groups in total. The molecule has 0 spiro atoms. The zero-order chi connectivity index (χ0) is 66.6. The molecule has 5 unspecified atom stereocenters. The van der Waals surface area contributed by atoms with Crippen LogP contribution in [-0.4, -0.2) is 96.7 Å². The topological polar surface area (TPSA) is 237 Å². The highest BCUT2D eigenvalue weighted by Crippen LogP contribution is 2.45. The van der Waals surface area contributed by atoms with E-state index < -0.39 is 97.5 Å². The van der Waals surface area contributed by atoms with Crippen LogP contribution in [0.2, 0.25) is 0 Å². The molecule has 0 aromatic carbocycles. The summed E-state index contributed by atoms with van der Waals surface area (Å²) in [4.78, 5) is 72.6. The van der Waals surface area contributed by atoms with Crippen LogP contribution in [0.15, 0.2) is 0 Å². The molecule has 19 heteroatoms. The van der Waals surface area contributed by atoms with Crippen molar-refractivity contribution in [3.63, 3.8) is 0 Å². The second-order valence-electron chi connectivity index (χ2n) is 26.4. The van der Waals surface area contributed by atoms with Crippen LogP contribution in [0.4, 0.5) is 0 Å². The van der Waals surface area contributed by atoms with Crippen LogP contribution in [0.1, 0.15) is 357 Å². The van der Waals surface area contributed by atoms with Gasteiger partial charge in [0.1, 0.15) is 19.3 Å². The Kier molecular flexibility index (Phi) is 60.6. The summed E-state index contributed by atoms with van der Waals surface area (Å²) in [5.41, 5.74) is 0. The lowest BCUT2D eigenvalue weighted by Crippen LogP contribution is -2.30. The third kappa shape index (κ3) is 61.0. The third-order valence-electron chi connectivity index (χ3n) is 17.5. The molecular weight excluding hydrogens is 1190 g/mol. The first-order valence-electron chi connectivity index (χ1n) is 37.0. The number of rotatable bonds is 69. The molecule has 0 fully saturated rings. The molecule has 0 aliphatic rings. The van der Waals surface area contributed by atoms with Gasteiger partial charge in [-0.1, -0.05) is 305 Å². The number of esters is 4. The molecule has 0 aliphatic carbocycles. The van der Waals surface area contributed by atoms with Crippen LogP contribution in [0, 0.1) is 17.8 Å². The maximum Gasteiger partial charge on any atom is 0.472 e. The zero-order valence-electron chi connectivity index (χ0n) is 58.6. The Hall–Kier alpha value is -1.94. The van der Waals surface area contributed by atoms with Crippen LogP contribution in [0.5, 0.6) is 0 Å². The van der Waals surface area contributed by atoms with E-state index in [1.54, 1.807) is 0 Å². The number of carbonyl (C=O) groups excluding carboxylic acids is 4. The van der Waals surface area contributed by atoms with E-state index in [0.717, 1.165) is 108 Å². The van der Waals surface area contributed by atoms with Gasteiger partial charge in [0.15, 0.2) is 12.2 Å². The first kappa shape index (κ1) is 88.1. The van der Waals surface area contributed by atoms with Gasteiger partial charge in [-0.05, 0) is 43.4 Å². The number of phosphoric acid groups is 2. The van der Waals surface area contributed by atoms with E-state index in [1.807, 2.05) is 0 Å². The molecule has 0 saturated carbocycles. The summed E-state index contributed by atoms with van der Waals surface area (Å²) in [6.45, 7) is 11.9. The lowest BCUT2D eigenvalue weighted by molar-refractivity contribution is -0.161. The second-order valence-corrected chi connectivity index (χ2v) is 29.3. The van der Waals surface area contributed by atoms with Crippen molar-refractivity contribution in [1.82, 2.24) is 0 Å². The van der Waals surface area contributed by atoms with Crippen molar-refractivity contribution in [2.75, 3.05) is 39.6 Å². The van der Waals surface area contributed by atoms with Crippen LogP contribution in [-0.2, 0) is 65.4 Å². The van der Waals surface area contributed by atoms with Gasteiger partial charge in [-0.15, -0.1) is 0 Å². The monoisotopic (exact) mass is 1320 g/mol. The Bertz CT molecular complexity index is 1770. The number of hydrogen-bond donors (Lipinski definition) is 3. The highest BCUT2D eigenvalue weighted by atomic mass is 31.2. The molecule has 90 heavy (non-hydrogen) atoms. The van der Waals surface area contributed by atoms with Crippen molar-refractivity contribution in [3.05, 3.63) is 0 Å². The molecule has 0 aromatic rings. The molecule has 0 radical (unpaired) electrons. The SMILES string of the molecule is CCCCCCCCCCCCCCCCC(=O)O[C@H](COC(=O)CCCCCCCCCCC(C)CC)COP(=O)(O)OC[C@@H](O)COP(=O)(O)OC[C@@H](COC(=O)CCCCCCCCCCC(C)CC)OC(=O)CCCCCCCCCCC(C)CC. The summed E-state index contributed by atoms with van der Waals surface area (Å²) < 4.78 is 68.4. The minimum atomic E-state index is -4.95. The minimum Gasteiger partial charge on any atom is -0.462 e. The summed E-state index contributed by atoms with van der Waals surface area (Å²) in [5, 5.41) is 10.6. The van der Waals surface area contributed by atoms with E-state index in [2.05, 4.69) is 48.5 Å². The van der Waals surface area contributed by atoms with Gasteiger partial charge in [-0.2, -0.15) is 0 Å². The van der Waals surface area contributed by atoms with Crippen molar-refractivity contribution >= 4 is 39.5 Å². The quantitative estimate of drug-likeness (QED) is 0.0222. The van der Waals surface area contributed by atoms with Gasteiger partial charge in [0.05, 0.1) is 26.4 Å². The minimum absolute atomic E-state index is 0.104. The van der Waals surface area contributed by atoms with Crippen molar-refractivity contribution in [2.24, 2.45) is 17.8 Å². The van der Waals surface area contributed by atoms with Gasteiger partial charge < -0.3 is 33.8 Å². The van der Waals surface area contributed by atoms with Gasteiger partial charge in [0.25, 0.3) is 0 Å². The number of phosphoric ester groups is 2. The van der Waals surface area contributed by atoms with Crippen molar-refractivity contribution < 1.29 is 80.2 Å². The molecule has 8 atom stereocenters. The van der Waals surface area contributed by atoms with Gasteiger partial charge in [-0.3, -0.25) is 37.3 Å². The number of hydrogen-bond acceptors (Lipinski definition) is 15. The Balaban J connectivity index is 5.28. The molecule has 0 heterocycles. The van der Waals surface area contributed by atoms with Crippen molar-refractivity contribution in [2.45, 2.75) is 375 Å². The maximum atomic E-state index is 13.0. The van der Waals surface area contributed by atoms with Crippen LogP contribution >= 0.6 is 15.6 Å². The molecule has 0 saturated heterocycles. The average Bonchev–Trinajstić information content (AvgIpc) is 3.73. The molecule has 0 bridgehead atoms. The fraction of sp³-hybridized carbons (Fsp3) is 0.944. The number of aliphatic hydroxyl groups is 1. The zero-order valence-corrected chi connectivity index (χ0v) is 60.4. The van der Waals surface area contributed by atoms with Gasteiger partial charge >= 0.3 is 39.5 Å². The average molecular weight is 1330 g/mol. The van der Waals surface area contributed by atoms with Gasteiger partial charge in [0.2, 0.25) is 0 Å². The maximum absolute atomic E-state index is 13.0. The Morgan fingerprint density at radius 2 is 0.533 bits per heavy atom. The predicted octanol–water partition coefficient (Wildman–Crippen LogP) is 20.2. The summed E-state index contributed by atoms with van der Waals surface area (Å²) in [7, 11) is -9.90. The van der Waals surface area contributed by atoms with E-state index in [9.17, 15) is 43.2 Å². The lowest BCUT2D eigenvalue weighted by Gasteiger charge is -2.21. The number of aliphatic hydroxyl groups excluding tert-OH is 1. The molecule has 0 rings (SSSR count). The van der Waals surface area contributed by atoms with E-state index in [-0.39, 0.29) is 25.7 Å². The van der Waals surface area contributed by atoms with E-state index in [1.165, 1.54) is 167 Å². The van der Waals surface area contributed by atoms with E-state index >= 15 is 0 Å². The molecule has 0 amide bonds. The second kappa shape index (κ2) is 61.9. The summed E-state index contributed by atoms with van der Waals surface area (Å²) in [6, 6.07) is 0. The molecule has 17 nitrogen and oxygen atoms in total. The lowest BCUT2D eigenvalue weighted by atomic mass is 9.99. The van der Waals surface area contributed by atoms with Crippen LogP contribution < -0.4 is 0 Å². The predicted molar refractivity (Wildman–Crippen MR) is 363 cm³/mol.